The van der Waals surface area contributed by atoms with Gasteiger partial charge < -0.3 is 9.47 Å². The molecule has 0 aromatic rings. The number of hydrogen-bond donors (Lipinski definition) is 0. The zero-order valence-electron chi connectivity index (χ0n) is 15.3. The number of unbranched alkanes of at least 4 members (excludes halogenated alkanes) is 5. The molecule has 0 aliphatic heterocycles. The average molecular weight is 337 g/mol. The highest BCUT2D eigenvalue weighted by atomic mass is 16.5. The Labute approximate surface area is 146 Å². The molecule has 5 nitrogen and oxygen atoms in total. The highest BCUT2D eigenvalue weighted by molar-refractivity contribution is 5.91. The lowest BCUT2D eigenvalue weighted by molar-refractivity contribution is -0.139. The molecule has 0 aromatic heterocycles. The SMILES string of the molecule is C=C(C#N)C(=O)OCCCCCCCC.C=CC(=O)OCC(C)C. The van der Waals surface area contributed by atoms with Gasteiger partial charge in [0.25, 0.3) is 0 Å². The summed E-state index contributed by atoms with van der Waals surface area (Å²) in [5.74, 6) is -0.538. The molecule has 0 heterocycles. The normalized spacial score (nSPS) is 9.29. The molecule has 0 spiro atoms. The fraction of sp³-hybridized carbons (Fsp3) is 0.632. The van der Waals surface area contributed by atoms with Crippen molar-refractivity contribution in [2.45, 2.75) is 59.3 Å². The molecule has 0 N–H and O–H groups in total. The van der Waals surface area contributed by atoms with Crippen LogP contribution in [0.25, 0.3) is 0 Å². The van der Waals surface area contributed by atoms with Crippen LogP contribution in [0.1, 0.15) is 59.3 Å². The number of nitrogens with zero attached hydrogens (tertiary/aromatic N) is 1. The lowest BCUT2D eigenvalue weighted by Gasteiger charge is -2.02. The van der Waals surface area contributed by atoms with E-state index in [2.05, 4.69) is 20.1 Å². The van der Waals surface area contributed by atoms with Crippen molar-refractivity contribution in [1.82, 2.24) is 0 Å². The second-order valence-electron chi connectivity index (χ2n) is 5.72. The van der Waals surface area contributed by atoms with Gasteiger partial charge in [0.2, 0.25) is 0 Å². The number of rotatable bonds is 11. The monoisotopic (exact) mass is 337 g/mol. The van der Waals surface area contributed by atoms with Crippen LogP contribution in [-0.4, -0.2) is 25.2 Å². The minimum atomic E-state index is -0.592. The van der Waals surface area contributed by atoms with Crippen LogP contribution < -0.4 is 0 Å². The summed E-state index contributed by atoms with van der Waals surface area (Å²) in [5.41, 5.74) is -0.124. The first kappa shape index (κ1) is 24.2. The van der Waals surface area contributed by atoms with Crippen LogP contribution >= 0.6 is 0 Å². The zero-order chi connectivity index (χ0) is 18.8. The predicted octanol–water partition coefficient (Wildman–Crippen LogP) is 4.34. The van der Waals surface area contributed by atoms with Crippen LogP contribution in [0, 0.1) is 17.2 Å². The molecule has 0 aliphatic carbocycles. The largest absolute Gasteiger partial charge is 0.462 e. The molecule has 24 heavy (non-hydrogen) atoms. The third kappa shape index (κ3) is 18.0. The number of esters is 2. The van der Waals surface area contributed by atoms with Gasteiger partial charge in [0.1, 0.15) is 11.6 Å². The lowest BCUT2D eigenvalue weighted by Crippen LogP contribution is -2.06. The van der Waals surface area contributed by atoms with E-state index in [1.165, 1.54) is 31.8 Å². The predicted molar refractivity (Wildman–Crippen MR) is 95.1 cm³/mol. The number of nitriles is 1. The summed E-state index contributed by atoms with van der Waals surface area (Å²) in [6.45, 7) is 13.6. The molecule has 0 fully saturated rings. The van der Waals surface area contributed by atoms with Gasteiger partial charge in [-0.25, -0.2) is 9.59 Å². The van der Waals surface area contributed by atoms with Crippen molar-refractivity contribution in [3.05, 3.63) is 24.8 Å². The minimum absolute atomic E-state index is 0.124. The van der Waals surface area contributed by atoms with E-state index in [1.54, 1.807) is 6.07 Å². The molecule has 0 rings (SSSR count). The highest BCUT2D eigenvalue weighted by Crippen LogP contribution is 2.05. The van der Waals surface area contributed by atoms with Gasteiger partial charge in [-0.05, 0) is 12.3 Å². The molecule has 0 atom stereocenters. The Morgan fingerprint density at radius 2 is 1.71 bits per heavy atom. The van der Waals surface area contributed by atoms with Gasteiger partial charge >= 0.3 is 11.9 Å². The molecule has 0 unspecified atom stereocenters. The third-order valence-electron chi connectivity index (χ3n) is 2.84. The Kier molecular flexibility index (Phi) is 17.4. The van der Waals surface area contributed by atoms with Crippen LogP contribution in [0.15, 0.2) is 24.8 Å². The first-order valence-corrected chi connectivity index (χ1v) is 8.44. The van der Waals surface area contributed by atoms with E-state index in [-0.39, 0.29) is 11.5 Å². The standard InChI is InChI=1S/C12H19NO2.C7H12O2/c1-3-4-5-6-7-8-9-15-12(14)11(2)10-13;1-4-7(8)9-5-6(2)3/h2-9H2,1H3;4,6H,1,5H2,2-3H3. The van der Waals surface area contributed by atoms with Gasteiger partial charge in [-0.15, -0.1) is 0 Å². The Morgan fingerprint density at radius 1 is 1.12 bits per heavy atom. The van der Waals surface area contributed by atoms with Crippen molar-refractivity contribution in [1.29, 1.82) is 5.26 Å². The molecular weight excluding hydrogens is 306 g/mol. The van der Waals surface area contributed by atoms with Gasteiger partial charge in [0.15, 0.2) is 0 Å². The maximum absolute atomic E-state index is 11.0. The summed E-state index contributed by atoms with van der Waals surface area (Å²) < 4.78 is 9.54. The number of hydrogen-bond acceptors (Lipinski definition) is 5. The number of carbonyl (C=O) groups excluding carboxylic acids is 2. The first-order chi connectivity index (χ1) is 11.4. The Morgan fingerprint density at radius 3 is 2.21 bits per heavy atom. The number of ether oxygens (including phenoxy) is 2. The molecule has 0 aliphatic rings. The molecule has 0 saturated carbocycles. The maximum Gasteiger partial charge on any atom is 0.348 e. The van der Waals surface area contributed by atoms with Crippen molar-refractivity contribution < 1.29 is 19.1 Å². The maximum atomic E-state index is 11.0. The minimum Gasteiger partial charge on any atom is -0.462 e. The molecule has 5 heteroatoms. The second kappa shape index (κ2) is 17.3. The smallest absolute Gasteiger partial charge is 0.348 e. The molecule has 0 saturated heterocycles. The van der Waals surface area contributed by atoms with Crippen LogP contribution in [0.5, 0.6) is 0 Å². The Bertz CT molecular complexity index is 422. The summed E-state index contributed by atoms with van der Waals surface area (Å²) in [6.07, 6.45) is 8.05. The van der Waals surface area contributed by atoms with Gasteiger partial charge in [-0.2, -0.15) is 5.26 Å². The van der Waals surface area contributed by atoms with Gasteiger partial charge in [-0.1, -0.05) is 66.0 Å². The van der Waals surface area contributed by atoms with E-state index < -0.39 is 5.97 Å². The summed E-state index contributed by atoms with van der Waals surface area (Å²) in [7, 11) is 0. The van der Waals surface area contributed by atoms with Crippen LogP contribution in [0.2, 0.25) is 0 Å². The molecular formula is C19H31NO4. The molecule has 0 radical (unpaired) electrons. The Hall–Kier alpha value is -2.09. The van der Waals surface area contributed by atoms with Crippen molar-refractivity contribution in [2.75, 3.05) is 13.2 Å². The van der Waals surface area contributed by atoms with E-state index in [0.29, 0.717) is 19.1 Å². The number of carbonyl (C=O) groups is 2. The summed E-state index contributed by atoms with van der Waals surface area (Å²) in [5, 5.41) is 8.35. The molecule has 136 valence electrons. The molecule has 0 bridgehead atoms. The van der Waals surface area contributed by atoms with Crippen LogP contribution in [0.4, 0.5) is 0 Å². The van der Waals surface area contributed by atoms with Crippen molar-refractivity contribution in [3.63, 3.8) is 0 Å². The topological polar surface area (TPSA) is 76.4 Å². The summed E-state index contributed by atoms with van der Waals surface area (Å²) in [6, 6.07) is 1.66. The second-order valence-corrected chi connectivity index (χ2v) is 5.72. The first-order valence-electron chi connectivity index (χ1n) is 8.44. The third-order valence-corrected chi connectivity index (χ3v) is 2.84. The van der Waals surface area contributed by atoms with Crippen molar-refractivity contribution >= 4 is 11.9 Å². The quantitative estimate of drug-likeness (QED) is 0.242. The summed E-state index contributed by atoms with van der Waals surface area (Å²) in [4.78, 5) is 21.3. The van der Waals surface area contributed by atoms with Crippen LogP contribution in [0.3, 0.4) is 0 Å². The van der Waals surface area contributed by atoms with E-state index in [4.69, 9.17) is 14.7 Å². The highest BCUT2D eigenvalue weighted by Gasteiger charge is 2.06. The fourth-order valence-electron chi connectivity index (χ4n) is 1.49. The summed E-state index contributed by atoms with van der Waals surface area (Å²) >= 11 is 0. The van der Waals surface area contributed by atoms with Crippen molar-refractivity contribution in [2.24, 2.45) is 5.92 Å². The zero-order valence-corrected chi connectivity index (χ0v) is 15.3. The Balaban J connectivity index is 0. The van der Waals surface area contributed by atoms with E-state index in [1.807, 2.05) is 13.8 Å². The van der Waals surface area contributed by atoms with E-state index >= 15 is 0 Å². The van der Waals surface area contributed by atoms with E-state index in [0.717, 1.165) is 12.8 Å². The van der Waals surface area contributed by atoms with E-state index in [9.17, 15) is 9.59 Å². The average Bonchev–Trinajstić information content (AvgIpc) is 2.58. The van der Waals surface area contributed by atoms with Gasteiger partial charge in [0.05, 0.1) is 13.2 Å². The molecule has 0 aromatic carbocycles. The van der Waals surface area contributed by atoms with Crippen LogP contribution in [-0.2, 0) is 19.1 Å². The van der Waals surface area contributed by atoms with Gasteiger partial charge in [0, 0.05) is 6.08 Å². The van der Waals surface area contributed by atoms with Crippen molar-refractivity contribution in [3.8, 4) is 6.07 Å². The fourth-order valence-corrected chi connectivity index (χ4v) is 1.49. The van der Waals surface area contributed by atoms with Gasteiger partial charge in [-0.3, -0.25) is 0 Å². The molecule has 0 amide bonds. The lowest BCUT2D eigenvalue weighted by atomic mass is 10.1.